The van der Waals surface area contributed by atoms with Crippen LogP contribution in [-0.4, -0.2) is 253 Å². The van der Waals surface area contributed by atoms with Crippen molar-refractivity contribution in [2.45, 2.75) is 130 Å². The Morgan fingerprint density at radius 1 is 0.419 bits per heavy atom. The normalized spacial score (nSPS) is 15.5. The van der Waals surface area contributed by atoms with Crippen LogP contribution in [-0.2, 0) is 75.8 Å². The molecule has 2 N–H and O–H groups in total. The fourth-order valence-corrected chi connectivity index (χ4v) is 7.76. The van der Waals surface area contributed by atoms with Crippen LogP contribution in [0.5, 0.6) is 0 Å². The van der Waals surface area contributed by atoms with Crippen molar-refractivity contribution in [1.82, 2.24) is 0 Å². The summed E-state index contributed by atoms with van der Waals surface area (Å²) in [7, 11) is 0. The summed E-state index contributed by atoms with van der Waals surface area (Å²) in [5.74, 6) is 0. The number of halogens is 1. The SMILES string of the molecule is CC(COCCN(CCOCC(C)OCC(C)OCC(C)OCC(C)OCC(C)OCCOCCOCCO)c1ccc(N=Nc2c(Br)cc([N+](=O)[O-])cc2[N+](=O)[O-])cc1)OCC(C)OCC(C)OCC(C)OCC(C)OCCOCCOCCO. The van der Waals surface area contributed by atoms with Crippen LogP contribution in [0.4, 0.5) is 28.4 Å². The van der Waals surface area contributed by atoms with Crippen LogP contribution in [0.25, 0.3) is 0 Å². The number of rotatable bonds is 57. The van der Waals surface area contributed by atoms with Crippen LogP contribution in [0.2, 0.25) is 0 Å². The first-order valence-electron chi connectivity index (χ1n) is 29.5. The van der Waals surface area contributed by atoms with Crippen LogP contribution in [0.3, 0.4) is 0 Å². The van der Waals surface area contributed by atoms with E-state index in [-0.39, 0.29) is 84.4 Å². The minimum Gasteiger partial charge on any atom is -0.394 e. The van der Waals surface area contributed by atoms with Gasteiger partial charge in [0.15, 0.2) is 5.69 Å². The summed E-state index contributed by atoms with van der Waals surface area (Å²) in [5, 5.41) is 48.8. The van der Waals surface area contributed by atoms with E-state index in [0.29, 0.717) is 164 Å². The van der Waals surface area contributed by atoms with Gasteiger partial charge in [-0.25, -0.2) is 0 Å². The van der Waals surface area contributed by atoms with E-state index in [9.17, 15) is 20.2 Å². The molecule has 0 spiro atoms. The quantitative estimate of drug-likeness (QED) is 0.0278. The second-order valence-electron chi connectivity index (χ2n) is 20.6. The Morgan fingerprint density at radius 2 is 0.744 bits per heavy atom. The van der Waals surface area contributed by atoms with Gasteiger partial charge in [0, 0.05) is 24.8 Å². The number of aliphatic hydroxyl groups is 2. The summed E-state index contributed by atoms with van der Waals surface area (Å²) in [6, 6.07) is 9.08. The highest BCUT2D eigenvalue weighted by molar-refractivity contribution is 9.10. The first-order valence-corrected chi connectivity index (χ1v) is 30.3. The molecule has 496 valence electrons. The third-order valence-electron chi connectivity index (χ3n) is 12.0. The fraction of sp³-hybridized carbons (Fsp3) is 0.793. The molecule has 0 aliphatic heterocycles. The average molecular weight is 1300 g/mol. The van der Waals surface area contributed by atoms with Crippen LogP contribution < -0.4 is 4.90 Å². The van der Waals surface area contributed by atoms with Gasteiger partial charge in [-0.15, -0.1) is 5.11 Å². The molecule has 0 saturated heterocycles. The number of nitrogens with zero attached hydrogens (tertiary/aromatic N) is 5. The molecule has 2 aromatic rings. The van der Waals surface area contributed by atoms with Crippen LogP contribution >= 0.6 is 15.9 Å². The van der Waals surface area contributed by atoms with E-state index >= 15 is 0 Å². The Balaban J connectivity index is 1.81. The first-order chi connectivity index (χ1) is 41.3. The molecule has 0 heterocycles. The van der Waals surface area contributed by atoms with E-state index in [1.165, 1.54) is 0 Å². The maximum absolute atomic E-state index is 11.8. The van der Waals surface area contributed by atoms with Gasteiger partial charge in [0.05, 0.1) is 246 Å². The lowest BCUT2D eigenvalue weighted by Gasteiger charge is -2.26. The molecule has 0 fully saturated rings. The Morgan fingerprint density at radius 3 is 1.08 bits per heavy atom. The van der Waals surface area contributed by atoms with Crippen molar-refractivity contribution in [3.8, 4) is 0 Å². The molecular weight excluding hydrogens is 1200 g/mol. The molecule has 0 aliphatic rings. The van der Waals surface area contributed by atoms with Gasteiger partial charge < -0.3 is 90.9 Å². The largest absolute Gasteiger partial charge is 0.394 e. The summed E-state index contributed by atoms with van der Waals surface area (Å²) < 4.78 is 92.8. The molecule has 2 aromatic carbocycles. The molecule has 27 nitrogen and oxygen atoms in total. The Hall–Kier alpha value is -3.60. The highest BCUT2D eigenvalue weighted by Gasteiger charge is 2.24. The van der Waals surface area contributed by atoms with Crippen molar-refractivity contribution in [3.63, 3.8) is 0 Å². The van der Waals surface area contributed by atoms with Crippen LogP contribution in [0.15, 0.2) is 51.1 Å². The lowest BCUT2D eigenvalue weighted by Crippen LogP contribution is -2.33. The number of nitro benzene ring substituents is 2. The predicted octanol–water partition coefficient (Wildman–Crippen LogP) is 7.62. The summed E-state index contributed by atoms with van der Waals surface area (Å²) in [5.41, 5.74) is 0.0568. The molecule has 0 radical (unpaired) electrons. The number of hydrogen-bond donors (Lipinski definition) is 2. The number of ether oxygens (including phenoxy) is 16. The summed E-state index contributed by atoms with van der Waals surface area (Å²) in [6.45, 7) is 29.1. The first kappa shape index (κ1) is 78.5. The zero-order valence-electron chi connectivity index (χ0n) is 52.3. The molecule has 2 rings (SSSR count). The highest BCUT2D eigenvalue weighted by Crippen LogP contribution is 2.40. The third kappa shape index (κ3) is 39.4. The summed E-state index contributed by atoms with van der Waals surface area (Å²) >= 11 is 3.17. The lowest BCUT2D eigenvalue weighted by molar-refractivity contribution is -0.393. The molecular formula is C58H100BrN5O22. The number of benzene rings is 2. The molecule has 0 amide bonds. The van der Waals surface area contributed by atoms with E-state index in [2.05, 4.69) is 31.1 Å². The highest BCUT2D eigenvalue weighted by atomic mass is 79.9. The predicted molar refractivity (Wildman–Crippen MR) is 324 cm³/mol. The maximum Gasteiger partial charge on any atom is 0.304 e. The van der Waals surface area contributed by atoms with E-state index in [4.69, 9.17) is 86.0 Å². The number of nitro groups is 2. The zero-order valence-corrected chi connectivity index (χ0v) is 53.9. The Labute approximate surface area is 516 Å². The van der Waals surface area contributed by atoms with E-state index in [1.54, 1.807) is 12.1 Å². The van der Waals surface area contributed by atoms with Crippen molar-refractivity contribution in [2.75, 3.05) is 177 Å². The van der Waals surface area contributed by atoms with E-state index in [1.807, 2.05) is 81.4 Å². The molecule has 86 heavy (non-hydrogen) atoms. The van der Waals surface area contributed by atoms with Crippen molar-refractivity contribution < 1.29 is 95.8 Å². The third-order valence-corrected chi connectivity index (χ3v) is 12.6. The van der Waals surface area contributed by atoms with Gasteiger partial charge in [0.25, 0.3) is 5.69 Å². The molecule has 0 aromatic heterocycles. The average Bonchev–Trinajstić information content (AvgIpc) is 2.23. The molecule has 0 aliphatic carbocycles. The van der Waals surface area contributed by atoms with Gasteiger partial charge in [0.2, 0.25) is 0 Å². The molecule has 28 heteroatoms. The van der Waals surface area contributed by atoms with Crippen molar-refractivity contribution >= 4 is 44.4 Å². The Kier molecular flexibility index (Phi) is 44.9. The van der Waals surface area contributed by atoms with Gasteiger partial charge in [-0.1, -0.05) is 0 Å². The van der Waals surface area contributed by atoms with E-state index in [0.717, 1.165) is 17.8 Å². The van der Waals surface area contributed by atoms with Gasteiger partial charge in [-0.05, 0) is 109 Å². The molecule has 10 unspecified atom stereocenters. The second kappa shape index (κ2) is 49.2. The smallest absolute Gasteiger partial charge is 0.304 e. The maximum atomic E-state index is 11.8. The van der Waals surface area contributed by atoms with Crippen molar-refractivity contribution in [2.24, 2.45) is 10.2 Å². The topological polar surface area (TPSA) is 302 Å². The lowest BCUT2D eigenvalue weighted by atomic mass is 10.2. The number of anilines is 1. The molecule has 0 bridgehead atoms. The minimum absolute atomic E-state index is 0.00874. The number of non-ortho nitro benzene ring substituents is 1. The number of azo groups is 1. The monoisotopic (exact) mass is 1300 g/mol. The molecule has 0 saturated carbocycles. The zero-order chi connectivity index (χ0) is 63.3. The molecule has 10 atom stereocenters. The van der Waals surface area contributed by atoms with Crippen molar-refractivity contribution in [3.05, 3.63) is 61.1 Å². The summed E-state index contributed by atoms with van der Waals surface area (Å²) in [4.78, 5) is 23.7. The number of hydrogen-bond acceptors (Lipinski definition) is 25. The van der Waals surface area contributed by atoms with Gasteiger partial charge in [-0.2, -0.15) is 5.11 Å². The Bertz CT molecular complexity index is 1990. The van der Waals surface area contributed by atoms with Crippen LogP contribution in [0, 0.1) is 20.2 Å². The van der Waals surface area contributed by atoms with Gasteiger partial charge >= 0.3 is 5.69 Å². The fourth-order valence-electron chi connectivity index (χ4n) is 7.24. The van der Waals surface area contributed by atoms with E-state index < -0.39 is 21.2 Å². The minimum atomic E-state index is -0.746. The standard InChI is InChI=1S/C58H100BrN5O22/c1-43(79-37-47(5)83-41-51(9)85-39-49(7)81-35-45(3)77-29-27-73-25-23-71-21-17-65)33-75-19-15-62(54-13-11-53(12-14-54)60-61-58-56(59)31-55(63(67)68)32-57(58)64(69)70)16-20-76-34-44(2)80-38-48(6)84-42-52(10)86-40-50(8)82-36-46(4)78-30-28-74-26-24-72-22-18-66/h11-14,31-32,43-52,65-66H,15-30,33-42H2,1-10H3. The van der Waals surface area contributed by atoms with Gasteiger partial charge in [-0.3, -0.25) is 20.2 Å². The van der Waals surface area contributed by atoms with Crippen molar-refractivity contribution in [1.29, 1.82) is 0 Å². The second-order valence-corrected chi connectivity index (χ2v) is 21.4. The summed E-state index contributed by atoms with van der Waals surface area (Å²) in [6.07, 6.45) is -1.62. The number of aliphatic hydroxyl groups excluding tert-OH is 2. The van der Waals surface area contributed by atoms with Gasteiger partial charge in [0.1, 0.15) is 0 Å². The van der Waals surface area contributed by atoms with Crippen LogP contribution in [0.1, 0.15) is 69.2 Å².